The van der Waals surface area contributed by atoms with E-state index in [0.717, 1.165) is 11.1 Å². The van der Waals surface area contributed by atoms with Crippen molar-refractivity contribution in [3.63, 3.8) is 0 Å². The Bertz CT molecular complexity index is 936. The van der Waals surface area contributed by atoms with Crippen molar-refractivity contribution in [1.82, 2.24) is 4.90 Å². The molecule has 1 fully saturated rings. The molecule has 0 radical (unpaired) electrons. The van der Waals surface area contributed by atoms with E-state index in [-0.39, 0.29) is 17.4 Å². The van der Waals surface area contributed by atoms with Gasteiger partial charge in [-0.15, -0.1) is 0 Å². The summed E-state index contributed by atoms with van der Waals surface area (Å²) in [5, 5.41) is 0. The van der Waals surface area contributed by atoms with Gasteiger partial charge in [0.15, 0.2) is 6.61 Å². The molecule has 0 atom stereocenters. The molecule has 3 rings (SSSR count). The van der Waals surface area contributed by atoms with Gasteiger partial charge in [-0.05, 0) is 61.4 Å². The Morgan fingerprint density at radius 1 is 1.07 bits per heavy atom. The fourth-order valence-electron chi connectivity index (χ4n) is 2.78. The molecule has 0 saturated carbocycles. The summed E-state index contributed by atoms with van der Waals surface area (Å²) in [7, 11) is -3.70. The highest BCUT2D eigenvalue weighted by Gasteiger charge is 2.18. The summed E-state index contributed by atoms with van der Waals surface area (Å²) in [6.07, 6.45) is 0. The number of nitrogens with one attached hydrogen (secondary N) is 1. The van der Waals surface area contributed by atoms with E-state index in [1.54, 1.807) is 29.2 Å². The van der Waals surface area contributed by atoms with Gasteiger partial charge in [-0.25, -0.2) is 8.42 Å². The number of ether oxygens (including phenoxy) is 2. The summed E-state index contributed by atoms with van der Waals surface area (Å²) < 4.78 is 38.4. The molecule has 7 nitrogen and oxygen atoms in total. The van der Waals surface area contributed by atoms with Gasteiger partial charge >= 0.3 is 0 Å². The van der Waals surface area contributed by atoms with Crippen LogP contribution in [0, 0.1) is 13.8 Å². The lowest BCUT2D eigenvalue weighted by Crippen LogP contribution is -2.42. The van der Waals surface area contributed by atoms with Gasteiger partial charge in [0.2, 0.25) is 0 Å². The Labute approximate surface area is 165 Å². The van der Waals surface area contributed by atoms with Crippen molar-refractivity contribution in [2.45, 2.75) is 18.7 Å². The van der Waals surface area contributed by atoms with Crippen LogP contribution in [0.15, 0.2) is 47.4 Å². The van der Waals surface area contributed by atoms with Crippen molar-refractivity contribution in [2.75, 3.05) is 37.6 Å². The van der Waals surface area contributed by atoms with Crippen LogP contribution in [0.4, 0.5) is 5.69 Å². The number of nitrogens with zero attached hydrogens (tertiary/aromatic N) is 1. The topological polar surface area (TPSA) is 84.9 Å². The number of anilines is 1. The van der Waals surface area contributed by atoms with Crippen molar-refractivity contribution in [2.24, 2.45) is 0 Å². The second kappa shape index (κ2) is 8.62. The van der Waals surface area contributed by atoms with Crippen molar-refractivity contribution < 1.29 is 22.7 Å². The summed E-state index contributed by atoms with van der Waals surface area (Å²) in [5.74, 6) is 0.322. The molecule has 0 spiro atoms. The molecule has 1 N–H and O–H groups in total. The third kappa shape index (κ3) is 5.02. The summed E-state index contributed by atoms with van der Waals surface area (Å²) >= 11 is 0. The number of hydrogen-bond donors (Lipinski definition) is 1. The van der Waals surface area contributed by atoms with Crippen LogP contribution >= 0.6 is 0 Å². The molecule has 2 aromatic rings. The summed E-state index contributed by atoms with van der Waals surface area (Å²) in [5.41, 5.74) is 2.62. The maximum Gasteiger partial charge on any atom is 0.261 e. The number of carbonyl (C=O) groups is 1. The number of sulfonamides is 1. The molecule has 1 aliphatic rings. The van der Waals surface area contributed by atoms with E-state index in [1.165, 1.54) is 12.1 Å². The minimum Gasteiger partial charge on any atom is -0.484 e. The van der Waals surface area contributed by atoms with Gasteiger partial charge in [-0.3, -0.25) is 9.52 Å². The van der Waals surface area contributed by atoms with Gasteiger partial charge in [-0.1, -0.05) is 6.07 Å². The van der Waals surface area contributed by atoms with Crippen LogP contribution in [-0.2, 0) is 19.6 Å². The predicted octanol–water partition coefficient (Wildman–Crippen LogP) is 2.34. The van der Waals surface area contributed by atoms with Crippen LogP contribution in [0.25, 0.3) is 0 Å². The maximum atomic E-state index is 12.6. The molecule has 0 aromatic heterocycles. The van der Waals surface area contributed by atoms with Crippen molar-refractivity contribution in [1.29, 1.82) is 0 Å². The van der Waals surface area contributed by atoms with E-state index < -0.39 is 10.0 Å². The fourth-order valence-corrected chi connectivity index (χ4v) is 3.83. The van der Waals surface area contributed by atoms with E-state index in [0.29, 0.717) is 37.7 Å². The van der Waals surface area contributed by atoms with E-state index in [4.69, 9.17) is 9.47 Å². The van der Waals surface area contributed by atoms with Crippen molar-refractivity contribution >= 4 is 21.6 Å². The van der Waals surface area contributed by atoms with E-state index in [2.05, 4.69) is 4.72 Å². The molecule has 8 heteroatoms. The molecule has 0 unspecified atom stereocenters. The molecule has 150 valence electrons. The minimum atomic E-state index is -3.70. The van der Waals surface area contributed by atoms with Gasteiger partial charge in [0.05, 0.1) is 18.1 Å². The summed E-state index contributed by atoms with van der Waals surface area (Å²) in [4.78, 5) is 13.9. The van der Waals surface area contributed by atoms with Gasteiger partial charge in [0, 0.05) is 18.8 Å². The van der Waals surface area contributed by atoms with Gasteiger partial charge in [-0.2, -0.15) is 0 Å². The number of amides is 1. The average molecular weight is 404 g/mol. The Morgan fingerprint density at radius 2 is 1.75 bits per heavy atom. The van der Waals surface area contributed by atoms with Crippen LogP contribution in [0.5, 0.6) is 5.75 Å². The number of carbonyl (C=O) groups excluding carboxylic acids is 1. The Hall–Kier alpha value is -2.58. The normalized spacial score (nSPS) is 14.6. The Morgan fingerprint density at radius 3 is 2.39 bits per heavy atom. The average Bonchev–Trinajstić information content (AvgIpc) is 2.70. The highest BCUT2D eigenvalue weighted by molar-refractivity contribution is 7.92. The first kappa shape index (κ1) is 20.2. The van der Waals surface area contributed by atoms with Crippen molar-refractivity contribution in [3.05, 3.63) is 53.6 Å². The number of morpholine rings is 1. The molecule has 28 heavy (non-hydrogen) atoms. The molecule has 1 aliphatic heterocycles. The lowest BCUT2D eigenvalue weighted by atomic mass is 10.1. The van der Waals surface area contributed by atoms with Gasteiger partial charge in [0.25, 0.3) is 15.9 Å². The number of rotatable bonds is 6. The minimum absolute atomic E-state index is 0.0903. The lowest BCUT2D eigenvalue weighted by Gasteiger charge is -2.26. The van der Waals surface area contributed by atoms with Crippen LogP contribution < -0.4 is 9.46 Å². The molecular formula is C20H24N2O5S. The molecule has 0 aliphatic carbocycles. The molecular weight excluding hydrogens is 380 g/mol. The first-order chi connectivity index (χ1) is 13.3. The second-order valence-corrected chi connectivity index (χ2v) is 8.34. The quantitative estimate of drug-likeness (QED) is 0.799. The van der Waals surface area contributed by atoms with Gasteiger partial charge < -0.3 is 14.4 Å². The highest BCUT2D eigenvalue weighted by atomic mass is 32.2. The van der Waals surface area contributed by atoms with Crippen LogP contribution in [-0.4, -0.2) is 52.1 Å². The first-order valence-corrected chi connectivity index (χ1v) is 10.5. The monoisotopic (exact) mass is 404 g/mol. The van der Waals surface area contributed by atoms with Crippen LogP contribution in [0.3, 0.4) is 0 Å². The van der Waals surface area contributed by atoms with Crippen LogP contribution in [0.1, 0.15) is 11.1 Å². The lowest BCUT2D eigenvalue weighted by molar-refractivity contribution is -0.137. The molecule has 2 aromatic carbocycles. The first-order valence-electron chi connectivity index (χ1n) is 9.03. The molecule has 1 amide bonds. The third-order valence-electron chi connectivity index (χ3n) is 4.62. The Kier molecular flexibility index (Phi) is 6.21. The third-order valence-corrected chi connectivity index (χ3v) is 6.02. The largest absolute Gasteiger partial charge is 0.484 e. The van der Waals surface area contributed by atoms with Crippen LogP contribution in [0.2, 0.25) is 0 Å². The standard InChI is InChI=1S/C20H24N2O5S/c1-15-3-4-17(13-16(15)2)21-28(24,25)19-7-5-18(6-8-19)27-14-20(23)22-9-11-26-12-10-22/h3-8,13,21H,9-12,14H2,1-2H3. The summed E-state index contributed by atoms with van der Waals surface area (Å²) in [6, 6.07) is 11.4. The van der Waals surface area contributed by atoms with Crippen molar-refractivity contribution in [3.8, 4) is 5.75 Å². The number of aryl methyl sites for hydroxylation is 2. The molecule has 1 saturated heterocycles. The number of benzene rings is 2. The number of hydrogen-bond acceptors (Lipinski definition) is 5. The smallest absolute Gasteiger partial charge is 0.261 e. The zero-order chi connectivity index (χ0) is 20.1. The highest BCUT2D eigenvalue weighted by Crippen LogP contribution is 2.21. The molecule has 1 heterocycles. The van der Waals surface area contributed by atoms with E-state index in [9.17, 15) is 13.2 Å². The maximum absolute atomic E-state index is 12.6. The van der Waals surface area contributed by atoms with Gasteiger partial charge in [0.1, 0.15) is 5.75 Å². The molecule has 0 bridgehead atoms. The predicted molar refractivity (Wildman–Crippen MR) is 106 cm³/mol. The SMILES string of the molecule is Cc1ccc(NS(=O)(=O)c2ccc(OCC(=O)N3CCOCC3)cc2)cc1C. The summed E-state index contributed by atoms with van der Waals surface area (Å²) in [6.45, 7) is 5.99. The Balaban J connectivity index is 1.60. The zero-order valence-corrected chi connectivity index (χ0v) is 16.8. The fraction of sp³-hybridized carbons (Fsp3) is 0.350. The zero-order valence-electron chi connectivity index (χ0n) is 16.0. The van der Waals surface area contributed by atoms with E-state index in [1.807, 2.05) is 19.9 Å². The van der Waals surface area contributed by atoms with E-state index >= 15 is 0 Å². The second-order valence-electron chi connectivity index (χ2n) is 6.66.